The molecular formula is C9H12NO4+. The molecule has 1 unspecified atom stereocenters. The highest BCUT2D eigenvalue weighted by Crippen LogP contribution is 2.25. The molecule has 1 atom stereocenters. The van der Waals surface area contributed by atoms with Crippen LogP contribution >= 0.6 is 0 Å². The molecule has 0 aliphatic heterocycles. The number of phenolic OH excluding ortho intramolecular Hbond substituents is 2. The summed E-state index contributed by atoms with van der Waals surface area (Å²) in [5, 5.41) is 26.6. The Bertz CT molecular complexity index is 356. The van der Waals surface area contributed by atoms with E-state index in [1.807, 2.05) is 0 Å². The van der Waals surface area contributed by atoms with Crippen molar-refractivity contribution in [2.45, 2.75) is 12.5 Å². The number of aromatic hydroxyl groups is 2. The zero-order chi connectivity index (χ0) is 10.7. The third-order valence-corrected chi connectivity index (χ3v) is 1.81. The van der Waals surface area contributed by atoms with Crippen LogP contribution in [0, 0.1) is 0 Å². The van der Waals surface area contributed by atoms with E-state index < -0.39 is 12.0 Å². The van der Waals surface area contributed by atoms with Crippen molar-refractivity contribution in [1.82, 2.24) is 0 Å². The molecule has 0 heterocycles. The Hall–Kier alpha value is -1.75. The summed E-state index contributed by atoms with van der Waals surface area (Å²) in [5.41, 5.74) is 5.86. The van der Waals surface area contributed by atoms with Crippen molar-refractivity contribution in [2.75, 3.05) is 0 Å². The standard InChI is InChI=1S/C9H11NO4/c10-6(9(13)14)3-5-1-2-7(11)8(12)4-5/h1-2,4,6,11-12H,3,10H2,(H,13,14)/p+1. The zero-order valence-corrected chi connectivity index (χ0v) is 7.34. The summed E-state index contributed by atoms with van der Waals surface area (Å²) >= 11 is 0. The lowest BCUT2D eigenvalue weighted by Gasteiger charge is -2.06. The number of benzene rings is 1. The fraction of sp³-hybridized carbons (Fsp3) is 0.222. The van der Waals surface area contributed by atoms with Gasteiger partial charge < -0.3 is 21.1 Å². The van der Waals surface area contributed by atoms with Gasteiger partial charge in [0.25, 0.3) is 0 Å². The molecule has 0 radical (unpaired) electrons. The van der Waals surface area contributed by atoms with Crippen LogP contribution in [0.25, 0.3) is 0 Å². The molecule has 1 rings (SSSR count). The van der Waals surface area contributed by atoms with E-state index in [0.717, 1.165) is 0 Å². The van der Waals surface area contributed by atoms with E-state index in [4.69, 9.17) is 21.1 Å². The quantitative estimate of drug-likeness (QED) is 0.518. The zero-order valence-electron chi connectivity index (χ0n) is 8.34. The summed E-state index contributed by atoms with van der Waals surface area (Å²) in [6.45, 7) is 0. The Morgan fingerprint density at radius 1 is 1.43 bits per heavy atom. The number of carbonyl (C=O) groups is 1. The molecule has 0 bridgehead atoms. The van der Waals surface area contributed by atoms with Gasteiger partial charge in [0.15, 0.2) is 11.5 Å². The van der Waals surface area contributed by atoms with Gasteiger partial charge in [0.2, 0.25) is 0 Å². The highest BCUT2D eigenvalue weighted by molar-refractivity contribution is 5.73. The molecule has 76 valence electrons. The van der Waals surface area contributed by atoms with E-state index in [9.17, 15) is 4.79 Å². The van der Waals surface area contributed by atoms with Crippen LogP contribution in [-0.2, 0) is 11.2 Å². The Morgan fingerprint density at radius 3 is 2.57 bits per heavy atom. The molecule has 0 aromatic heterocycles. The Kier molecular flexibility index (Phi) is 2.93. The molecule has 1 aromatic carbocycles. The molecule has 14 heavy (non-hydrogen) atoms. The highest BCUT2D eigenvalue weighted by atomic mass is 16.4. The average molecular weight is 198 g/mol. The molecule has 5 nitrogen and oxygen atoms in total. The lowest BCUT2D eigenvalue weighted by atomic mass is 10.1. The Balaban J connectivity index is 0.00000196. The lowest BCUT2D eigenvalue weighted by Crippen LogP contribution is -2.32. The summed E-state index contributed by atoms with van der Waals surface area (Å²) < 4.78 is 0. The van der Waals surface area contributed by atoms with Crippen LogP contribution in [-0.4, -0.2) is 27.3 Å². The van der Waals surface area contributed by atoms with Gasteiger partial charge in [-0.2, -0.15) is 0 Å². The summed E-state index contributed by atoms with van der Waals surface area (Å²) in [6.07, 6.45) is 0.114. The van der Waals surface area contributed by atoms with Gasteiger partial charge in [0.05, 0.1) is 0 Å². The van der Waals surface area contributed by atoms with Gasteiger partial charge in [-0.3, -0.25) is 4.79 Å². The number of phenols is 2. The van der Waals surface area contributed by atoms with E-state index in [2.05, 4.69) is 0 Å². The maximum Gasteiger partial charge on any atom is 1.00 e. The second-order valence-electron chi connectivity index (χ2n) is 2.97. The van der Waals surface area contributed by atoms with Gasteiger partial charge in [-0.15, -0.1) is 0 Å². The fourth-order valence-electron chi connectivity index (χ4n) is 1.04. The monoisotopic (exact) mass is 198 g/mol. The summed E-state index contributed by atoms with van der Waals surface area (Å²) in [6, 6.07) is 3.09. The topological polar surface area (TPSA) is 104 Å². The molecule has 0 amide bonds. The molecule has 0 aliphatic carbocycles. The normalized spacial score (nSPS) is 12.4. The summed E-state index contributed by atoms with van der Waals surface area (Å²) in [5.74, 6) is -1.62. The van der Waals surface area contributed by atoms with Crippen LogP contribution in [0.2, 0.25) is 0 Å². The third kappa shape index (κ3) is 2.37. The van der Waals surface area contributed by atoms with E-state index in [-0.39, 0.29) is 19.3 Å². The summed E-state index contributed by atoms with van der Waals surface area (Å²) in [7, 11) is 0. The first-order chi connectivity index (χ1) is 6.50. The SMILES string of the molecule is NC(Cc1ccc(O)c(O)c1)C(=O)O.[H+]. The third-order valence-electron chi connectivity index (χ3n) is 1.81. The summed E-state index contributed by atoms with van der Waals surface area (Å²) in [4.78, 5) is 10.4. The maximum atomic E-state index is 10.4. The lowest BCUT2D eigenvalue weighted by molar-refractivity contribution is -0.138. The number of aliphatic carboxylic acids is 1. The largest absolute Gasteiger partial charge is 1.00 e. The van der Waals surface area contributed by atoms with Gasteiger partial charge in [-0.25, -0.2) is 0 Å². The minimum atomic E-state index is -1.10. The second kappa shape index (κ2) is 3.97. The molecule has 0 aliphatic rings. The highest BCUT2D eigenvalue weighted by Gasteiger charge is 2.12. The van der Waals surface area contributed by atoms with Crippen LogP contribution in [0.4, 0.5) is 0 Å². The van der Waals surface area contributed by atoms with Crippen molar-refractivity contribution in [3.63, 3.8) is 0 Å². The molecule has 1 aromatic rings. The van der Waals surface area contributed by atoms with E-state index in [0.29, 0.717) is 5.56 Å². The second-order valence-corrected chi connectivity index (χ2v) is 2.97. The number of carboxylic acid groups (broad SMARTS) is 1. The molecule has 5 N–H and O–H groups in total. The van der Waals surface area contributed by atoms with Crippen molar-refractivity contribution < 1.29 is 21.5 Å². The molecule has 0 fully saturated rings. The maximum absolute atomic E-state index is 10.4. The molecule has 0 saturated carbocycles. The van der Waals surface area contributed by atoms with Crippen LogP contribution in [0.1, 0.15) is 6.99 Å². The Labute approximate surface area is 81.9 Å². The minimum Gasteiger partial charge on any atom is -0.504 e. The average Bonchev–Trinajstić information content (AvgIpc) is 2.11. The van der Waals surface area contributed by atoms with Crippen LogP contribution in [0.15, 0.2) is 18.2 Å². The first-order valence-corrected chi connectivity index (χ1v) is 4.00. The minimum absolute atomic E-state index is 0. The number of nitrogens with two attached hydrogens (primary N) is 1. The predicted molar refractivity (Wildman–Crippen MR) is 50.2 cm³/mol. The van der Waals surface area contributed by atoms with Gasteiger partial charge in [-0.1, -0.05) is 6.07 Å². The van der Waals surface area contributed by atoms with Gasteiger partial charge >= 0.3 is 7.40 Å². The number of carboxylic acids is 1. The number of hydrogen-bond acceptors (Lipinski definition) is 4. The number of hydrogen-bond donors (Lipinski definition) is 4. The first kappa shape index (κ1) is 10.3. The predicted octanol–water partition coefficient (Wildman–Crippen LogP) is 0.165. The van der Waals surface area contributed by atoms with E-state index in [1.54, 1.807) is 0 Å². The van der Waals surface area contributed by atoms with Crippen LogP contribution < -0.4 is 5.73 Å². The van der Waals surface area contributed by atoms with E-state index >= 15 is 0 Å². The fourth-order valence-corrected chi connectivity index (χ4v) is 1.04. The van der Waals surface area contributed by atoms with Crippen LogP contribution in [0.3, 0.4) is 0 Å². The van der Waals surface area contributed by atoms with Gasteiger partial charge in [-0.05, 0) is 24.1 Å². The van der Waals surface area contributed by atoms with Crippen molar-refractivity contribution in [1.29, 1.82) is 0 Å². The van der Waals surface area contributed by atoms with Crippen molar-refractivity contribution in [3.8, 4) is 11.5 Å². The molecule has 0 saturated heterocycles. The van der Waals surface area contributed by atoms with Crippen molar-refractivity contribution >= 4 is 5.97 Å². The van der Waals surface area contributed by atoms with Crippen molar-refractivity contribution in [2.24, 2.45) is 5.73 Å². The first-order valence-electron chi connectivity index (χ1n) is 4.00. The van der Waals surface area contributed by atoms with Crippen molar-refractivity contribution in [3.05, 3.63) is 23.8 Å². The van der Waals surface area contributed by atoms with Crippen LogP contribution in [0.5, 0.6) is 11.5 Å². The van der Waals surface area contributed by atoms with Gasteiger partial charge in [0, 0.05) is 0 Å². The van der Waals surface area contributed by atoms with E-state index in [1.165, 1.54) is 18.2 Å². The molecular weight excluding hydrogens is 186 g/mol. The molecule has 5 heteroatoms. The Morgan fingerprint density at radius 2 is 2.07 bits per heavy atom. The molecule has 0 spiro atoms. The number of rotatable bonds is 3. The van der Waals surface area contributed by atoms with Gasteiger partial charge in [0.1, 0.15) is 6.04 Å². The smallest absolute Gasteiger partial charge is 0.504 e.